The van der Waals surface area contributed by atoms with Crippen molar-refractivity contribution >= 4 is 23.4 Å². The largest absolute Gasteiger partial charge is 0.465 e. The molecule has 104 valence electrons. The lowest BCUT2D eigenvalue weighted by molar-refractivity contribution is 0.210. The zero-order valence-corrected chi connectivity index (χ0v) is 11.1. The van der Waals surface area contributed by atoms with Gasteiger partial charge in [-0.2, -0.15) is 0 Å². The van der Waals surface area contributed by atoms with Crippen LogP contribution in [-0.2, 0) is 6.54 Å². The predicted molar refractivity (Wildman–Crippen MR) is 78.8 cm³/mol. The molecule has 1 aromatic heterocycles. The highest BCUT2D eigenvalue weighted by Crippen LogP contribution is 2.19. The molecule has 0 unspecified atom stereocenters. The van der Waals surface area contributed by atoms with Crippen LogP contribution in [0.15, 0.2) is 36.4 Å². The van der Waals surface area contributed by atoms with Crippen LogP contribution in [0, 0.1) is 6.92 Å². The molecule has 0 bridgehead atoms. The number of aromatic nitrogens is 1. The molecular formula is C14H16N4O2. The van der Waals surface area contributed by atoms with Crippen molar-refractivity contribution in [2.45, 2.75) is 13.5 Å². The Bertz CT molecular complexity index is 628. The topological polar surface area (TPSA) is 100 Å². The van der Waals surface area contributed by atoms with Crippen LogP contribution in [0.4, 0.5) is 22.1 Å². The lowest BCUT2D eigenvalue weighted by Gasteiger charge is -2.09. The van der Waals surface area contributed by atoms with Crippen molar-refractivity contribution in [2.24, 2.45) is 0 Å². The van der Waals surface area contributed by atoms with Crippen LogP contribution in [0.5, 0.6) is 0 Å². The van der Waals surface area contributed by atoms with Gasteiger partial charge in [-0.3, -0.25) is 5.32 Å². The summed E-state index contributed by atoms with van der Waals surface area (Å²) in [4.78, 5) is 14.6. The van der Waals surface area contributed by atoms with Crippen LogP contribution in [0.1, 0.15) is 11.1 Å². The molecular weight excluding hydrogens is 256 g/mol. The molecule has 2 rings (SSSR count). The Morgan fingerprint density at radius 3 is 2.80 bits per heavy atom. The number of aryl methyl sites for hydroxylation is 1. The average molecular weight is 272 g/mol. The molecule has 0 saturated heterocycles. The third kappa shape index (κ3) is 3.61. The number of amides is 1. The van der Waals surface area contributed by atoms with Gasteiger partial charge in [-0.05, 0) is 24.6 Å². The number of carbonyl (C=O) groups is 1. The fourth-order valence-electron chi connectivity index (χ4n) is 1.81. The average Bonchev–Trinajstić information content (AvgIpc) is 2.39. The van der Waals surface area contributed by atoms with Crippen molar-refractivity contribution in [3.8, 4) is 0 Å². The number of hydrogen-bond donors (Lipinski definition) is 4. The standard InChI is InChI=1S/C14H16N4O2/c1-9-3-2-4-10(7-9)8-16-12-6-5-11(13(15)18-12)17-14(19)20/h2-7,17H,8H2,1H3,(H,19,20)(H3,15,16,18). The Balaban J connectivity index is 2.03. The van der Waals surface area contributed by atoms with E-state index in [0.29, 0.717) is 12.4 Å². The van der Waals surface area contributed by atoms with Gasteiger partial charge < -0.3 is 16.2 Å². The molecule has 1 heterocycles. The first-order valence-corrected chi connectivity index (χ1v) is 6.10. The summed E-state index contributed by atoms with van der Waals surface area (Å²) in [5.74, 6) is 0.738. The highest BCUT2D eigenvalue weighted by atomic mass is 16.4. The SMILES string of the molecule is Cc1cccc(CNc2ccc(NC(=O)O)c(N)n2)c1. The van der Waals surface area contributed by atoms with Crippen LogP contribution in [0.25, 0.3) is 0 Å². The number of carboxylic acid groups (broad SMARTS) is 1. The van der Waals surface area contributed by atoms with E-state index in [0.717, 1.165) is 5.56 Å². The number of hydrogen-bond acceptors (Lipinski definition) is 4. The maximum Gasteiger partial charge on any atom is 0.409 e. The van der Waals surface area contributed by atoms with Gasteiger partial charge in [0.05, 0.1) is 5.69 Å². The summed E-state index contributed by atoms with van der Waals surface area (Å²) in [7, 11) is 0. The molecule has 1 aromatic carbocycles. The van der Waals surface area contributed by atoms with Crippen LogP contribution in [0.3, 0.4) is 0 Å². The first-order chi connectivity index (χ1) is 9.54. The maximum atomic E-state index is 10.5. The first-order valence-electron chi connectivity index (χ1n) is 6.10. The Morgan fingerprint density at radius 1 is 1.35 bits per heavy atom. The third-order valence-electron chi connectivity index (χ3n) is 2.72. The van der Waals surface area contributed by atoms with Gasteiger partial charge in [0.1, 0.15) is 11.6 Å². The predicted octanol–water partition coefficient (Wildman–Crippen LogP) is 2.67. The van der Waals surface area contributed by atoms with E-state index in [9.17, 15) is 4.79 Å². The summed E-state index contributed by atoms with van der Waals surface area (Å²) >= 11 is 0. The van der Waals surface area contributed by atoms with Crippen molar-refractivity contribution in [1.82, 2.24) is 4.98 Å². The molecule has 0 aliphatic carbocycles. The van der Waals surface area contributed by atoms with Crippen LogP contribution in [0.2, 0.25) is 0 Å². The fraction of sp³-hybridized carbons (Fsp3) is 0.143. The molecule has 0 aliphatic rings. The summed E-state index contributed by atoms with van der Waals surface area (Å²) in [5, 5.41) is 14.0. The molecule has 5 N–H and O–H groups in total. The van der Waals surface area contributed by atoms with E-state index in [2.05, 4.69) is 21.7 Å². The van der Waals surface area contributed by atoms with Crippen molar-refractivity contribution in [2.75, 3.05) is 16.4 Å². The van der Waals surface area contributed by atoms with Crippen molar-refractivity contribution in [3.05, 3.63) is 47.5 Å². The molecule has 0 atom stereocenters. The minimum atomic E-state index is -1.17. The van der Waals surface area contributed by atoms with Gasteiger partial charge in [0.25, 0.3) is 0 Å². The molecule has 2 aromatic rings. The van der Waals surface area contributed by atoms with Gasteiger partial charge >= 0.3 is 6.09 Å². The van der Waals surface area contributed by atoms with Crippen molar-refractivity contribution in [3.63, 3.8) is 0 Å². The summed E-state index contributed by atoms with van der Waals surface area (Å²) in [5.41, 5.74) is 8.29. The normalized spacial score (nSPS) is 10.1. The molecule has 1 amide bonds. The van der Waals surface area contributed by atoms with E-state index in [1.165, 1.54) is 5.56 Å². The number of pyridine rings is 1. The molecule has 0 radical (unpaired) electrons. The molecule has 20 heavy (non-hydrogen) atoms. The number of nitrogens with one attached hydrogen (secondary N) is 2. The summed E-state index contributed by atoms with van der Waals surface area (Å²) in [6, 6.07) is 11.4. The Kier molecular flexibility index (Phi) is 4.05. The minimum Gasteiger partial charge on any atom is -0.465 e. The zero-order valence-electron chi connectivity index (χ0n) is 11.1. The molecule has 0 fully saturated rings. The lowest BCUT2D eigenvalue weighted by atomic mass is 10.1. The van der Waals surface area contributed by atoms with Gasteiger partial charge in [0.15, 0.2) is 0 Å². The number of nitrogens with zero attached hydrogens (tertiary/aromatic N) is 1. The van der Waals surface area contributed by atoms with Crippen LogP contribution >= 0.6 is 0 Å². The summed E-state index contributed by atoms with van der Waals surface area (Å²) in [6.45, 7) is 2.66. The fourth-order valence-corrected chi connectivity index (χ4v) is 1.81. The lowest BCUT2D eigenvalue weighted by Crippen LogP contribution is -2.11. The smallest absolute Gasteiger partial charge is 0.409 e. The van der Waals surface area contributed by atoms with Gasteiger partial charge in [-0.1, -0.05) is 29.8 Å². The van der Waals surface area contributed by atoms with E-state index in [4.69, 9.17) is 10.8 Å². The molecule has 0 aliphatic heterocycles. The van der Waals surface area contributed by atoms with Crippen molar-refractivity contribution < 1.29 is 9.90 Å². The van der Waals surface area contributed by atoms with Gasteiger partial charge in [0.2, 0.25) is 0 Å². The highest BCUT2D eigenvalue weighted by molar-refractivity contribution is 5.86. The quantitative estimate of drug-likeness (QED) is 0.685. The number of nitrogens with two attached hydrogens (primary N) is 1. The number of rotatable bonds is 4. The van der Waals surface area contributed by atoms with Crippen LogP contribution in [-0.4, -0.2) is 16.2 Å². The second-order valence-corrected chi connectivity index (χ2v) is 4.40. The van der Waals surface area contributed by atoms with E-state index in [-0.39, 0.29) is 11.5 Å². The van der Waals surface area contributed by atoms with Gasteiger partial charge in [-0.15, -0.1) is 0 Å². The monoisotopic (exact) mass is 272 g/mol. The second-order valence-electron chi connectivity index (χ2n) is 4.40. The van der Waals surface area contributed by atoms with E-state index in [1.54, 1.807) is 12.1 Å². The molecule has 6 heteroatoms. The second kappa shape index (κ2) is 5.92. The summed E-state index contributed by atoms with van der Waals surface area (Å²) < 4.78 is 0. The number of benzene rings is 1. The summed E-state index contributed by atoms with van der Waals surface area (Å²) in [6.07, 6.45) is -1.17. The van der Waals surface area contributed by atoms with Gasteiger partial charge in [-0.25, -0.2) is 9.78 Å². The number of anilines is 3. The van der Waals surface area contributed by atoms with Crippen LogP contribution < -0.4 is 16.4 Å². The third-order valence-corrected chi connectivity index (χ3v) is 2.72. The van der Waals surface area contributed by atoms with E-state index >= 15 is 0 Å². The van der Waals surface area contributed by atoms with Crippen molar-refractivity contribution in [1.29, 1.82) is 0 Å². The maximum absolute atomic E-state index is 10.5. The minimum absolute atomic E-state index is 0.140. The Labute approximate surface area is 116 Å². The molecule has 0 saturated carbocycles. The Morgan fingerprint density at radius 2 is 2.15 bits per heavy atom. The molecule has 0 spiro atoms. The molecule has 6 nitrogen and oxygen atoms in total. The van der Waals surface area contributed by atoms with E-state index < -0.39 is 6.09 Å². The van der Waals surface area contributed by atoms with E-state index in [1.807, 2.05) is 25.1 Å². The first kappa shape index (κ1) is 13.7. The Hall–Kier alpha value is -2.76. The highest BCUT2D eigenvalue weighted by Gasteiger charge is 2.05. The van der Waals surface area contributed by atoms with Gasteiger partial charge in [0, 0.05) is 6.54 Å². The zero-order chi connectivity index (χ0) is 14.5. The number of nitrogen functional groups attached to an aromatic ring is 1.